The Morgan fingerprint density at radius 2 is 1.81 bits per heavy atom. The molecule has 3 rings (SSSR count). The zero-order valence-electron chi connectivity index (χ0n) is 15.1. The van der Waals surface area contributed by atoms with Gasteiger partial charge in [0, 0.05) is 25.3 Å². The van der Waals surface area contributed by atoms with Gasteiger partial charge in [0.2, 0.25) is 11.7 Å². The summed E-state index contributed by atoms with van der Waals surface area (Å²) >= 11 is 0. The molecule has 1 atom stereocenters. The predicted molar refractivity (Wildman–Crippen MR) is 101 cm³/mol. The summed E-state index contributed by atoms with van der Waals surface area (Å²) in [5.74, 6) is 0.340. The van der Waals surface area contributed by atoms with E-state index in [9.17, 15) is 4.79 Å². The van der Waals surface area contributed by atoms with Crippen LogP contribution in [0, 0.1) is 0 Å². The van der Waals surface area contributed by atoms with E-state index in [1.807, 2.05) is 80.5 Å². The maximum atomic E-state index is 12.2. The Balaban J connectivity index is 1.62. The molecule has 1 N–H and O–H groups in total. The fourth-order valence-electron chi connectivity index (χ4n) is 2.58. The molecule has 0 aliphatic carbocycles. The molecule has 0 unspecified atom stereocenters. The molecule has 1 amide bonds. The number of hydrogen-bond acceptors (Lipinski definition) is 5. The van der Waals surface area contributed by atoms with Gasteiger partial charge in [0.05, 0.1) is 6.04 Å². The van der Waals surface area contributed by atoms with Crippen molar-refractivity contribution in [2.45, 2.75) is 19.5 Å². The van der Waals surface area contributed by atoms with Crippen LogP contribution in [0.2, 0.25) is 0 Å². The van der Waals surface area contributed by atoms with E-state index in [1.54, 1.807) is 0 Å². The highest BCUT2D eigenvalue weighted by Gasteiger charge is 2.12. The second-order valence-corrected chi connectivity index (χ2v) is 6.28. The third-order valence-corrected chi connectivity index (χ3v) is 4.06. The summed E-state index contributed by atoms with van der Waals surface area (Å²) in [6.45, 7) is 1.97. The average Bonchev–Trinajstić information content (AvgIpc) is 3.10. The lowest BCUT2D eigenvalue weighted by Crippen LogP contribution is -2.30. The predicted octanol–water partition coefficient (Wildman–Crippen LogP) is 2.28. The third-order valence-electron chi connectivity index (χ3n) is 4.06. The zero-order chi connectivity index (χ0) is 18.5. The second kappa shape index (κ2) is 7.77. The first-order valence-electron chi connectivity index (χ1n) is 8.43. The van der Waals surface area contributed by atoms with Crippen molar-refractivity contribution >= 4 is 11.6 Å². The van der Waals surface area contributed by atoms with Crippen molar-refractivity contribution in [3.63, 3.8) is 0 Å². The molecule has 1 aromatic heterocycles. The Kier molecular flexibility index (Phi) is 5.26. The van der Waals surface area contributed by atoms with Crippen molar-refractivity contribution in [2.24, 2.45) is 0 Å². The fraction of sp³-hybridized carbons (Fsp3) is 0.263. The Morgan fingerprint density at radius 3 is 2.46 bits per heavy atom. The Morgan fingerprint density at radius 1 is 1.12 bits per heavy atom. The number of carbonyl (C=O) groups excluding carboxylic acids is 1. The molecule has 1 heterocycles. The van der Waals surface area contributed by atoms with Gasteiger partial charge in [-0.15, -0.1) is 10.2 Å². The molecule has 0 fully saturated rings. The molecule has 2 aromatic carbocycles. The van der Waals surface area contributed by atoms with Gasteiger partial charge < -0.3 is 10.2 Å². The minimum Gasteiger partial charge on any atom is -0.378 e. The molecule has 0 bridgehead atoms. The molecule has 3 aromatic rings. The molecule has 0 saturated heterocycles. The molecule has 0 aliphatic rings. The third kappa shape index (κ3) is 4.24. The van der Waals surface area contributed by atoms with Crippen molar-refractivity contribution in [2.75, 3.05) is 19.0 Å². The highest BCUT2D eigenvalue weighted by molar-refractivity contribution is 5.76. The van der Waals surface area contributed by atoms with E-state index in [2.05, 4.69) is 20.7 Å². The van der Waals surface area contributed by atoms with Crippen LogP contribution < -0.4 is 10.2 Å². The van der Waals surface area contributed by atoms with Gasteiger partial charge in [-0.25, -0.2) is 0 Å². The number of tetrazole rings is 1. The van der Waals surface area contributed by atoms with Crippen LogP contribution >= 0.6 is 0 Å². The topological polar surface area (TPSA) is 75.9 Å². The number of nitrogens with one attached hydrogen (secondary N) is 1. The number of aromatic nitrogens is 4. The number of carbonyl (C=O) groups is 1. The SMILES string of the molecule is C[C@@H](NC(=O)Cn1nnc(-c2ccc(N(C)C)cc2)n1)c1ccccc1. The van der Waals surface area contributed by atoms with E-state index in [0.717, 1.165) is 16.8 Å². The molecule has 0 aliphatic heterocycles. The van der Waals surface area contributed by atoms with Gasteiger partial charge in [0.1, 0.15) is 6.54 Å². The Hall–Kier alpha value is -3.22. The lowest BCUT2D eigenvalue weighted by molar-refractivity contribution is -0.122. The van der Waals surface area contributed by atoms with Gasteiger partial charge in [-0.1, -0.05) is 30.3 Å². The highest BCUT2D eigenvalue weighted by Crippen LogP contribution is 2.18. The fourth-order valence-corrected chi connectivity index (χ4v) is 2.58. The van der Waals surface area contributed by atoms with E-state index < -0.39 is 0 Å². The summed E-state index contributed by atoms with van der Waals surface area (Å²) in [6.07, 6.45) is 0. The molecule has 0 radical (unpaired) electrons. The first-order chi connectivity index (χ1) is 12.5. The Labute approximate surface area is 152 Å². The van der Waals surface area contributed by atoms with Crippen LogP contribution in [-0.4, -0.2) is 40.2 Å². The van der Waals surface area contributed by atoms with E-state index in [-0.39, 0.29) is 18.5 Å². The molecule has 134 valence electrons. The molecule has 0 spiro atoms. The number of rotatable bonds is 6. The number of amides is 1. The van der Waals surface area contributed by atoms with Crippen LogP contribution in [0.3, 0.4) is 0 Å². The van der Waals surface area contributed by atoms with Gasteiger partial charge in [0.15, 0.2) is 0 Å². The summed E-state index contributed by atoms with van der Waals surface area (Å²) in [4.78, 5) is 15.5. The summed E-state index contributed by atoms with van der Waals surface area (Å²) in [5.41, 5.74) is 3.00. The van der Waals surface area contributed by atoms with Crippen LogP contribution in [0.15, 0.2) is 54.6 Å². The number of benzene rings is 2. The zero-order valence-corrected chi connectivity index (χ0v) is 15.1. The maximum absolute atomic E-state index is 12.2. The van der Waals surface area contributed by atoms with Crippen LogP contribution in [-0.2, 0) is 11.3 Å². The lowest BCUT2D eigenvalue weighted by atomic mass is 10.1. The van der Waals surface area contributed by atoms with E-state index >= 15 is 0 Å². The number of anilines is 1. The largest absolute Gasteiger partial charge is 0.378 e. The second-order valence-electron chi connectivity index (χ2n) is 6.28. The molecule has 0 saturated carbocycles. The van der Waals surface area contributed by atoms with Crippen LogP contribution in [0.25, 0.3) is 11.4 Å². The number of nitrogens with zero attached hydrogens (tertiary/aromatic N) is 5. The lowest BCUT2D eigenvalue weighted by Gasteiger charge is -2.13. The van der Waals surface area contributed by atoms with Gasteiger partial charge in [0.25, 0.3) is 0 Å². The quantitative estimate of drug-likeness (QED) is 0.738. The molecular weight excluding hydrogens is 328 g/mol. The first-order valence-corrected chi connectivity index (χ1v) is 8.43. The molecule has 7 heteroatoms. The van der Waals surface area contributed by atoms with Crippen LogP contribution in [0.1, 0.15) is 18.5 Å². The summed E-state index contributed by atoms with van der Waals surface area (Å²) < 4.78 is 0. The minimum absolute atomic E-state index is 0.0277. The standard InChI is InChI=1S/C19H22N6O/c1-14(15-7-5-4-6-8-15)20-18(26)13-25-22-19(21-23-25)16-9-11-17(12-10-16)24(2)3/h4-12,14H,13H2,1-3H3,(H,20,26)/t14-/m1/s1. The van der Waals surface area contributed by atoms with Gasteiger partial charge in [-0.05, 0) is 42.0 Å². The molecule has 26 heavy (non-hydrogen) atoms. The summed E-state index contributed by atoms with van der Waals surface area (Å²) in [6, 6.07) is 17.6. The van der Waals surface area contributed by atoms with Crippen LogP contribution in [0.4, 0.5) is 5.69 Å². The summed E-state index contributed by atoms with van der Waals surface area (Å²) in [7, 11) is 3.97. The van der Waals surface area contributed by atoms with E-state index in [0.29, 0.717) is 5.82 Å². The minimum atomic E-state index is -0.159. The van der Waals surface area contributed by atoms with Crippen molar-refractivity contribution in [1.82, 2.24) is 25.5 Å². The van der Waals surface area contributed by atoms with E-state index in [1.165, 1.54) is 4.80 Å². The normalized spacial score (nSPS) is 11.8. The molecule has 7 nitrogen and oxygen atoms in total. The van der Waals surface area contributed by atoms with Crippen molar-refractivity contribution < 1.29 is 4.79 Å². The van der Waals surface area contributed by atoms with E-state index in [4.69, 9.17) is 0 Å². The van der Waals surface area contributed by atoms with Crippen molar-refractivity contribution in [3.8, 4) is 11.4 Å². The smallest absolute Gasteiger partial charge is 0.244 e. The monoisotopic (exact) mass is 350 g/mol. The Bertz CT molecular complexity index is 857. The van der Waals surface area contributed by atoms with Gasteiger partial charge >= 0.3 is 0 Å². The van der Waals surface area contributed by atoms with Gasteiger partial charge in [-0.2, -0.15) is 4.80 Å². The van der Waals surface area contributed by atoms with Crippen molar-refractivity contribution in [3.05, 3.63) is 60.2 Å². The molecular formula is C19H22N6O. The first kappa shape index (κ1) is 17.6. The summed E-state index contributed by atoms with van der Waals surface area (Å²) in [5, 5.41) is 15.2. The average molecular weight is 350 g/mol. The highest BCUT2D eigenvalue weighted by atomic mass is 16.2. The number of hydrogen-bond donors (Lipinski definition) is 1. The van der Waals surface area contributed by atoms with Gasteiger partial charge in [-0.3, -0.25) is 4.79 Å². The maximum Gasteiger partial charge on any atom is 0.244 e. The van der Waals surface area contributed by atoms with Crippen LogP contribution in [0.5, 0.6) is 0 Å². The van der Waals surface area contributed by atoms with Crippen molar-refractivity contribution in [1.29, 1.82) is 0 Å².